The lowest BCUT2D eigenvalue weighted by Gasteiger charge is -2.28. The topological polar surface area (TPSA) is 9.72 Å². The molecule has 4 heteroatoms. The second kappa shape index (κ2) is 31.0. The number of fused-ring (bicyclic) bond motifs is 26. The van der Waals surface area contributed by atoms with Gasteiger partial charge in [0.2, 0.25) is 0 Å². The van der Waals surface area contributed by atoms with E-state index in [1.165, 1.54) is 193 Å². The number of benzene rings is 25. The quantitative estimate of drug-likeness (QED) is 0.126. The van der Waals surface area contributed by atoms with Gasteiger partial charge in [0.15, 0.2) is 0 Å². The minimum Gasteiger partial charge on any atom is -0.310 e. The monoisotopic (exact) mass is 1620 g/mol. The van der Waals surface area contributed by atoms with Crippen LogP contribution in [0.15, 0.2) is 479 Å². The van der Waals surface area contributed by atoms with Crippen LogP contribution in [-0.4, -0.2) is 0 Å². The van der Waals surface area contributed by atoms with E-state index in [1.54, 1.807) is 0 Å². The summed E-state index contributed by atoms with van der Waals surface area (Å²) < 4.78 is 2.61. The number of rotatable bonds is 10. The number of anilines is 9. The molecular weight excluding hydrogens is 1540 g/mol. The van der Waals surface area contributed by atoms with Crippen LogP contribution in [0.2, 0.25) is 0 Å². The van der Waals surface area contributed by atoms with Crippen molar-refractivity contribution in [3.05, 3.63) is 479 Å². The van der Waals surface area contributed by atoms with Gasteiger partial charge in [-0.1, -0.05) is 370 Å². The molecule has 0 aliphatic carbocycles. The molecule has 25 aromatic carbocycles. The molecule has 0 saturated heterocycles. The number of thiophene rings is 1. The van der Waals surface area contributed by atoms with Gasteiger partial charge < -0.3 is 14.7 Å². The molecule has 0 N–H and O–H groups in total. The maximum absolute atomic E-state index is 2.49. The summed E-state index contributed by atoms with van der Waals surface area (Å²) in [7, 11) is 0. The lowest BCUT2D eigenvalue weighted by Crippen LogP contribution is -2.11. The summed E-state index contributed by atoms with van der Waals surface area (Å²) in [4.78, 5) is 7.22. The van der Waals surface area contributed by atoms with Crippen LogP contribution >= 0.6 is 11.3 Å². The highest BCUT2D eigenvalue weighted by Gasteiger charge is 2.25. The predicted molar refractivity (Wildman–Crippen MR) is 547 cm³/mol. The highest BCUT2D eigenvalue weighted by atomic mass is 32.1. The lowest BCUT2D eigenvalue weighted by molar-refractivity contribution is 1.29. The standard InChI is InChI=1S/C44H29N.C40H25NS.C38H25N/c1-3-9-30(10-4-1)33-17-18-35-28-38(22-19-34(35)27-33)45(37-12-5-2-6-13-37)39-23-26-40-36(29-39)21-25-43-42(40)24-20-32-16-15-31-11-7-8-14-41(31)44(32)43;1-2-13-29(14-3-1)41(35-19-10-18-33-32-17-8-9-20-37(32)42-40(33)35)36-25-28-22-21-26-11-4-6-15-30(26)38(28)34-24-23-27-12-5-7-16-31(27)39(34)36;1-2-11-31(12-3-1)39(32-20-16-26-8-4-5-10-30(26)24-32)33-21-17-28-14-15-29-19-22-35-34-13-7-6-9-27(34)18-23-36(35)38(29)37(28)25-33/h1-29H;1-25H;1-25H. The first-order valence-corrected chi connectivity index (χ1v) is 44.1. The van der Waals surface area contributed by atoms with Crippen molar-refractivity contribution in [2.24, 2.45) is 0 Å². The summed E-state index contributed by atoms with van der Waals surface area (Å²) in [5, 5.41) is 38.3. The summed E-state index contributed by atoms with van der Waals surface area (Å²) in [6, 6.07) is 175. The first kappa shape index (κ1) is 73.7. The Labute approximate surface area is 733 Å². The summed E-state index contributed by atoms with van der Waals surface area (Å²) in [5.41, 5.74) is 12.9. The van der Waals surface area contributed by atoms with Gasteiger partial charge in [0.05, 0.1) is 16.1 Å². The molecule has 0 aliphatic rings. The molecule has 126 heavy (non-hydrogen) atoms. The summed E-state index contributed by atoms with van der Waals surface area (Å²) in [6.07, 6.45) is 0. The van der Waals surface area contributed by atoms with E-state index in [1.807, 2.05) is 11.3 Å². The third-order valence-corrected chi connectivity index (χ3v) is 26.9. The Balaban J connectivity index is 0.000000106. The molecule has 26 rings (SSSR count). The number of para-hydroxylation sites is 3. The molecule has 0 radical (unpaired) electrons. The molecule has 0 fully saturated rings. The Hall–Kier alpha value is -16.2. The van der Waals surface area contributed by atoms with Crippen LogP contribution in [0.5, 0.6) is 0 Å². The fourth-order valence-electron chi connectivity index (χ4n) is 19.8. The van der Waals surface area contributed by atoms with E-state index in [9.17, 15) is 0 Å². The van der Waals surface area contributed by atoms with Gasteiger partial charge in [-0.25, -0.2) is 0 Å². The van der Waals surface area contributed by atoms with Crippen LogP contribution in [0.4, 0.5) is 51.2 Å². The summed E-state index contributed by atoms with van der Waals surface area (Å²) in [5.74, 6) is 0. The van der Waals surface area contributed by atoms with Crippen molar-refractivity contribution in [3.63, 3.8) is 0 Å². The SMILES string of the molecule is c1ccc(-c2ccc3cc(N(c4ccccc4)c4ccc5c(ccc6c5ccc5ccc7ccccc7c56)c4)ccc3c2)cc1.c1ccc(N(c2ccc3ccccc3c2)c2ccc3ccc4ccc5c6ccccc6ccc5c4c3c2)cc1.c1ccc(N(c2cccc3c2sc2ccccc23)c2cc3ccc4ccccc4c3c3ccc4ccccc4c23)cc1. The van der Waals surface area contributed by atoms with Crippen LogP contribution in [0.25, 0.3) is 182 Å². The fourth-order valence-corrected chi connectivity index (χ4v) is 21.1. The number of hydrogen-bond acceptors (Lipinski definition) is 4. The van der Waals surface area contributed by atoms with Crippen molar-refractivity contribution < 1.29 is 0 Å². The van der Waals surface area contributed by atoms with Gasteiger partial charge in [-0.05, 0) is 266 Å². The van der Waals surface area contributed by atoms with Gasteiger partial charge in [0, 0.05) is 60.7 Å². The first-order valence-electron chi connectivity index (χ1n) is 43.3. The number of nitrogens with zero attached hydrogens (tertiary/aromatic N) is 3. The molecule has 1 aromatic heterocycles. The van der Waals surface area contributed by atoms with Crippen LogP contribution in [0.3, 0.4) is 0 Å². The molecule has 0 saturated carbocycles. The molecule has 0 spiro atoms. The van der Waals surface area contributed by atoms with Gasteiger partial charge in [-0.3, -0.25) is 0 Å². The average molecular weight is 1620 g/mol. The third kappa shape index (κ3) is 12.9. The molecule has 26 aromatic rings. The summed E-state index contributed by atoms with van der Waals surface area (Å²) >= 11 is 1.88. The van der Waals surface area contributed by atoms with Crippen LogP contribution in [0.1, 0.15) is 0 Å². The predicted octanol–water partition coefficient (Wildman–Crippen LogP) is 35.6. The highest BCUT2D eigenvalue weighted by Crippen LogP contribution is 2.51. The molecule has 0 aliphatic heterocycles. The molecule has 0 unspecified atom stereocenters. The van der Waals surface area contributed by atoms with Gasteiger partial charge >= 0.3 is 0 Å². The zero-order valence-corrected chi connectivity index (χ0v) is 69.7. The van der Waals surface area contributed by atoms with E-state index < -0.39 is 0 Å². The third-order valence-electron chi connectivity index (χ3n) is 25.7. The molecule has 0 atom stereocenters. The molecule has 588 valence electrons. The Morgan fingerprint density at radius 3 is 1.10 bits per heavy atom. The second-order valence-corrected chi connectivity index (χ2v) is 34.0. The molecular formula is C122H79N3S. The minimum absolute atomic E-state index is 1.13. The van der Waals surface area contributed by atoms with Crippen LogP contribution in [-0.2, 0) is 0 Å². The van der Waals surface area contributed by atoms with E-state index in [0.717, 1.165) is 39.8 Å². The fraction of sp³-hybridized carbons (Fsp3) is 0. The zero-order chi connectivity index (χ0) is 83.1. The van der Waals surface area contributed by atoms with Crippen molar-refractivity contribution in [2.45, 2.75) is 0 Å². The van der Waals surface area contributed by atoms with Crippen LogP contribution in [0, 0.1) is 0 Å². The summed E-state index contributed by atoms with van der Waals surface area (Å²) in [6.45, 7) is 0. The van der Waals surface area contributed by atoms with Crippen molar-refractivity contribution in [2.75, 3.05) is 14.7 Å². The Kier molecular flexibility index (Phi) is 18.1. The smallest absolute Gasteiger partial charge is 0.0640 e. The molecule has 1 heterocycles. The zero-order valence-electron chi connectivity index (χ0n) is 68.9. The minimum atomic E-state index is 1.13. The average Bonchev–Trinajstić information content (AvgIpc) is 0.992. The van der Waals surface area contributed by atoms with E-state index in [-0.39, 0.29) is 0 Å². The van der Waals surface area contributed by atoms with Crippen molar-refractivity contribution in [1.82, 2.24) is 0 Å². The molecule has 0 bridgehead atoms. The Bertz CT molecular complexity index is 8810. The lowest BCUT2D eigenvalue weighted by atomic mass is 9.91. The van der Waals surface area contributed by atoms with Crippen molar-refractivity contribution in [1.29, 1.82) is 0 Å². The van der Waals surface area contributed by atoms with Crippen LogP contribution < -0.4 is 14.7 Å². The first-order chi connectivity index (χ1) is 62.5. The van der Waals surface area contributed by atoms with E-state index in [0.29, 0.717) is 0 Å². The van der Waals surface area contributed by atoms with Crippen molar-refractivity contribution >= 4 is 234 Å². The maximum atomic E-state index is 2.49. The van der Waals surface area contributed by atoms with Gasteiger partial charge in [-0.2, -0.15) is 0 Å². The molecule has 0 amide bonds. The van der Waals surface area contributed by atoms with Gasteiger partial charge in [0.25, 0.3) is 0 Å². The number of hydrogen-bond donors (Lipinski definition) is 0. The van der Waals surface area contributed by atoms with E-state index in [2.05, 4.69) is 494 Å². The molecule has 3 nitrogen and oxygen atoms in total. The largest absolute Gasteiger partial charge is 0.310 e. The highest BCUT2D eigenvalue weighted by molar-refractivity contribution is 7.26. The van der Waals surface area contributed by atoms with Gasteiger partial charge in [-0.15, -0.1) is 11.3 Å². The van der Waals surface area contributed by atoms with E-state index in [4.69, 9.17) is 0 Å². The Morgan fingerprint density at radius 1 is 0.135 bits per heavy atom. The second-order valence-electron chi connectivity index (χ2n) is 32.9. The van der Waals surface area contributed by atoms with Crippen molar-refractivity contribution in [3.8, 4) is 11.1 Å². The van der Waals surface area contributed by atoms with E-state index >= 15 is 0 Å². The maximum Gasteiger partial charge on any atom is 0.0640 e. The Morgan fingerprint density at radius 2 is 0.484 bits per heavy atom. The normalized spacial score (nSPS) is 11.7. The van der Waals surface area contributed by atoms with Gasteiger partial charge in [0.1, 0.15) is 0 Å².